The second-order valence-electron chi connectivity index (χ2n) is 25.5. The molecule has 87 heavy (non-hydrogen) atoms. The first-order valence-electron chi connectivity index (χ1n) is 35.5. The van der Waals surface area contributed by atoms with Crippen molar-refractivity contribution in [3.63, 3.8) is 0 Å². The minimum absolute atomic E-state index is 0.101. The summed E-state index contributed by atoms with van der Waals surface area (Å²) in [7, 11) is -9.88. The first-order valence-corrected chi connectivity index (χ1v) is 38.5. The maximum Gasteiger partial charge on any atom is 0.472 e. The molecule has 19 heteroatoms. The van der Waals surface area contributed by atoms with Crippen LogP contribution in [0.5, 0.6) is 0 Å². The predicted molar refractivity (Wildman–Crippen MR) is 349 cm³/mol. The molecule has 0 saturated heterocycles. The van der Waals surface area contributed by atoms with Crippen LogP contribution in [0.2, 0.25) is 0 Å². The highest BCUT2D eigenvalue weighted by Crippen LogP contribution is 2.45. The monoisotopic (exact) mass is 1280 g/mol. The first-order chi connectivity index (χ1) is 41.9. The zero-order valence-corrected chi connectivity index (χ0v) is 58.1. The van der Waals surface area contributed by atoms with Crippen LogP contribution in [0.3, 0.4) is 0 Å². The molecule has 516 valence electrons. The van der Waals surface area contributed by atoms with Gasteiger partial charge in [0, 0.05) is 25.7 Å². The maximum atomic E-state index is 13.0. The van der Waals surface area contributed by atoms with Crippen LogP contribution < -0.4 is 0 Å². The van der Waals surface area contributed by atoms with Gasteiger partial charge in [-0.15, -0.1) is 0 Å². The average Bonchev–Trinajstić information content (AvgIpc) is 3.69. The lowest BCUT2D eigenvalue weighted by Crippen LogP contribution is -2.30. The summed E-state index contributed by atoms with van der Waals surface area (Å²) in [5.41, 5.74) is 0. The third-order valence-electron chi connectivity index (χ3n) is 15.7. The number of hydrogen-bond acceptors (Lipinski definition) is 15. The number of carbonyl (C=O) groups excluding carboxylic acids is 4. The normalized spacial score (nSPS) is 14.2. The number of unbranched alkanes of at least 4 members (excludes halogenated alkanes) is 37. The van der Waals surface area contributed by atoms with Crippen LogP contribution in [-0.2, 0) is 65.4 Å². The Bertz CT molecular complexity index is 1700. The number of aliphatic hydroxyl groups excluding tert-OH is 1. The summed E-state index contributed by atoms with van der Waals surface area (Å²) >= 11 is 0. The zero-order valence-electron chi connectivity index (χ0n) is 56.3. The molecule has 0 aliphatic rings. The molecule has 0 fully saturated rings. The number of phosphoric acid groups is 2. The summed E-state index contributed by atoms with van der Waals surface area (Å²) in [4.78, 5) is 72.1. The highest BCUT2D eigenvalue weighted by atomic mass is 31.2. The van der Waals surface area contributed by atoms with Crippen LogP contribution in [0.15, 0.2) is 0 Å². The molecule has 2 unspecified atom stereocenters. The quantitative estimate of drug-likeness (QED) is 0.0222. The van der Waals surface area contributed by atoms with Crippen molar-refractivity contribution in [1.29, 1.82) is 0 Å². The van der Waals surface area contributed by atoms with Crippen LogP contribution in [0.4, 0.5) is 0 Å². The molecule has 3 N–H and O–H groups in total. The fourth-order valence-electron chi connectivity index (χ4n) is 10.2. The average molecular weight is 1280 g/mol. The van der Waals surface area contributed by atoms with E-state index in [-0.39, 0.29) is 25.7 Å². The van der Waals surface area contributed by atoms with Crippen molar-refractivity contribution in [3.05, 3.63) is 0 Å². The van der Waals surface area contributed by atoms with Gasteiger partial charge in [0.1, 0.15) is 19.3 Å². The highest BCUT2D eigenvalue weighted by molar-refractivity contribution is 7.47. The van der Waals surface area contributed by atoms with E-state index in [1.165, 1.54) is 154 Å². The fourth-order valence-corrected chi connectivity index (χ4v) is 11.8. The van der Waals surface area contributed by atoms with Gasteiger partial charge >= 0.3 is 39.5 Å². The van der Waals surface area contributed by atoms with Crippen LogP contribution in [0.1, 0.15) is 343 Å². The smallest absolute Gasteiger partial charge is 0.462 e. The van der Waals surface area contributed by atoms with Gasteiger partial charge in [-0.2, -0.15) is 0 Å². The van der Waals surface area contributed by atoms with Crippen molar-refractivity contribution in [3.8, 4) is 0 Å². The third-order valence-corrected chi connectivity index (χ3v) is 17.6. The second-order valence-corrected chi connectivity index (χ2v) is 28.4. The van der Waals surface area contributed by atoms with E-state index in [4.69, 9.17) is 37.0 Å². The standard InChI is InChI=1S/C68H132O17P2/c1-7-9-11-13-14-15-16-17-19-23-26-29-32-39-45-51-66(71)79-57-64(84-67(72)52-46-40-33-30-27-24-21-18-20-22-25-28-31-37-42-48-60(3)4)59-83-87(76,77)81-55-62(69)54-80-86(74,75)82-58-63(56-78-65(70)50-44-36-12-10-8-2)85-68(73)53-47-41-35-34-38-43-49-61(5)6/h60-64,69H,7-59H2,1-6H3,(H,74,75)(H,76,77)/t62-,63+,64+/m0/s1. The molecule has 0 aromatic carbocycles. The van der Waals surface area contributed by atoms with Gasteiger partial charge in [0.15, 0.2) is 12.2 Å². The van der Waals surface area contributed by atoms with Crippen LogP contribution in [0, 0.1) is 11.8 Å². The number of rotatable bonds is 67. The Morgan fingerprint density at radius 3 is 0.782 bits per heavy atom. The number of phosphoric ester groups is 2. The Morgan fingerprint density at radius 1 is 0.310 bits per heavy atom. The van der Waals surface area contributed by atoms with Gasteiger partial charge in [-0.1, -0.05) is 292 Å². The summed E-state index contributed by atoms with van der Waals surface area (Å²) in [5, 5.41) is 10.5. The molecule has 0 rings (SSSR count). The summed E-state index contributed by atoms with van der Waals surface area (Å²) in [6.07, 6.45) is 45.0. The van der Waals surface area contributed by atoms with Crippen LogP contribution in [-0.4, -0.2) is 96.7 Å². The molecular formula is C68H132O17P2. The molecular weight excluding hydrogens is 1150 g/mol. The highest BCUT2D eigenvalue weighted by Gasteiger charge is 2.30. The topological polar surface area (TPSA) is 237 Å². The molecule has 5 atom stereocenters. The van der Waals surface area contributed by atoms with Crippen molar-refractivity contribution in [2.24, 2.45) is 11.8 Å². The Labute approximate surface area is 530 Å². The van der Waals surface area contributed by atoms with Crippen molar-refractivity contribution < 1.29 is 80.2 Å². The van der Waals surface area contributed by atoms with E-state index in [1.54, 1.807) is 0 Å². The lowest BCUT2D eigenvalue weighted by atomic mass is 10.0. The number of aliphatic hydroxyl groups is 1. The van der Waals surface area contributed by atoms with Crippen molar-refractivity contribution >= 4 is 39.5 Å². The summed E-state index contributed by atoms with van der Waals surface area (Å²) < 4.78 is 67.9. The van der Waals surface area contributed by atoms with Crippen molar-refractivity contribution in [2.45, 2.75) is 362 Å². The van der Waals surface area contributed by atoms with Gasteiger partial charge in [-0.05, 0) is 37.5 Å². The largest absolute Gasteiger partial charge is 0.472 e. The van der Waals surface area contributed by atoms with E-state index < -0.39 is 97.5 Å². The van der Waals surface area contributed by atoms with Gasteiger partial charge in [-0.25, -0.2) is 9.13 Å². The van der Waals surface area contributed by atoms with E-state index in [1.807, 2.05) is 0 Å². The van der Waals surface area contributed by atoms with Gasteiger partial charge in [-0.3, -0.25) is 37.3 Å². The van der Waals surface area contributed by atoms with Crippen LogP contribution >= 0.6 is 15.6 Å². The molecule has 0 aromatic heterocycles. The zero-order chi connectivity index (χ0) is 64.3. The summed E-state index contributed by atoms with van der Waals surface area (Å²) in [6.45, 7) is 9.38. The second kappa shape index (κ2) is 60.3. The summed E-state index contributed by atoms with van der Waals surface area (Å²) in [5.74, 6) is -0.669. The Morgan fingerprint density at radius 2 is 0.529 bits per heavy atom. The molecule has 0 bridgehead atoms. The van der Waals surface area contributed by atoms with E-state index >= 15 is 0 Å². The number of esters is 4. The number of hydrogen-bond donors (Lipinski definition) is 3. The molecule has 0 spiro atoms. The molecule has 17 nitrogen and oxygen atoms in total. The Kier molecular flexibility index (Phi) is 59.0. The molecule has 0 heterocycles. The van der Waals surface area contributed by atoms with Crippen molar-refractivity contribution in [1.82, 2.24) is 0 Å². The van der Waals surface area contributed by atoms with E-state index in [2.05, 4.69) is 41.5 Å². The Hall–Kier alpha value is -1.94. The van der Waals surface area contributed by atoms with Gasteiger partial charge in [0.05, 0.1) is 26.4 Å². The fraction of sp³-hybridized carbons (Fsp3) is 0.941. The molecule has 0 aliphatic carbocycles. The SMILES string of the molecule is CCCCCCCCCCCCCCCCCC(=O)OC[C@H](COP(=O)(O)OC[C@@H](O)COP(=O)(O)OC[C@@H](COC(=O)CCCCCCC)OC(=O)CCCCCCCCC(C)C)OC(=O)CCCCCCCCCCCCCCCCCC(C)C. The Balaban J connectivity index is 5.14. The van der Waals surface area contributed by atoms with E-state index in [0.717, 1.165) is 102 Å². The number of ether oxygens (including phenoxy) is 4. The molecule has 0 saturated carbocycles. The molecule has 0 aliphatic heterocycles. The predicted octanol–water partition coefficient (Wildman–Crippen LogP) is 19.2. The van der Waals surface area contributed by atoms with Gasteiger partial charge in [0.2, 0.25) is 0 Å². The molecule has 0 aromatic rings. The minimum atomic E-state index is -4.95. The maximum absolute atomic E-state index is 13.0. The molecule has 0 radical (unpaired) electrons. The van der Waals surface area contributed by atoms with Crippen molar-refractivity contribution in [2.75, 3.05) is 39.6 Å². The van der Waals surface area contributed by atoms with E-state index in [9.17, 15) is 43.2 Å². The minimum Gasteiger partial charge on any atom is -0.462 e. The lowest BCUT2D eigenvalue weighted by Gasteiger charge is -2.21. The van der Waals surface area contributed by atoms with Gasteiger partial charge < -0.3 is 33.8 Å². The third kappa shape index (κ3) is 62.6. The van der Waals surface area contributed by atoms with E-state index in [0.29, 0.717) is 31.6 Å². The molecule has 0 amide bonds. The first kappa shape index (κ1) is 85.1. The lowest BCUT2D eigenvalue weighted by molar-refractivity contribution is -0.161. The number of carbonyl (C=O) groups is 4. The summed E-state index contributed by atoms with van der Waals surface area (Å²) in [6, 6.07) is 0. The van der Waals surface area contributed by atoms with Gasteiger partial charge in [0.25, 0.3) is 0 Å². The van der Waals surface area contributed by atoms with Crippen LogP contribution in [0.25, 0.3) is 0 Å².